The quantitative estimate of drug-likeness (QED) is 0.322. The molecule has 1 aliphatic rings. The Labute approximate surface area is 195 Å². The van der Waals surface area contributed by atoms with Gasteiger partial charge >= 0.3 is 0 Å². The minimum Gasteiger partial charge on any atom is -0.507 e. The number of phenolic OH excluding ortho intramolecular Hbond substituents is 1. The molecule has 0 aromatic heterocycles. The summed E-state index contributed by atoms with van der Waals surface area (Å²) >= 11 is 6.00. The number of aromatic hydroxyl groups is 1. The summed E-state index contributed by atoms with van der Waals surface area (Å²) in [5.41, 5.74) is 1.01. The molecule has 8 heteroatoms. The van der Waals surface area contributed by atoms with Crippen LogP contribution in [-0.2, 0) is 9.59 Å². The van der Waals surface area contributed by atoms with Crippen molar-refractivity contribution >= 4 is 34.7 Å². The van der Waals surface area contributed by atoms with E-state index in [-0.39, 0.29) is 22.8 Å². The standard InChI is InChI=1S/C25H20ClNO6/c1-32-18-5-3-4-15(12-18)23(29)21-22(14-6-11-20(33-2)19(28)13-14)27(25(31)24(21)30)17-9-7-16(26)8-10-17/h3-13,22,28-29H,1-2H3/b23-21-. The number of benzene rings is 3. The van der Waals surface area contributed by atoms with Crippen LogP contribution in [0.2, 0.25) is 5.02 Å². The van der Waals surface area contributed by atoms with E-state index in [0.29, 0.717) is 27.6 Å². The number of anilines is 1. The molecule has 0 saturated carbocycles. The molecule has 0 bridgehead atoms. The third-order valence-electron chi connectivity index (χ3n) is 5.41. The van der Waals surface area contributed by atoms with Crippen molar-refractivity contribution in [2.24, 2.45) is 0 Å². The third kappa shape index (κ3) is 3.99. The second-order valence-corrected chi connectivity index (χ2v) is 7.75. The molecule has 33 heavy (non-hydrogen) atoms. The van der Waals surface area contributed by atoms with E-state index >= 15 is 0 Å². The lowest BCUT2D eigenvalue weighted by molar-refractivity contribution is -0.132. The SMILES string of the molecule is COc1cccc(/C(O)=C2/C(=O)C(=O)N(c3ccc(Cl)cc3)C2c2ccc(OC)c(O)c2)c1. The summed E-state index contributed by atoms with van der Waals surface area (Å²) in [4.78, 5) is 27.6. The van der Waals surface area contributed by atoms with Crippen molar-refractivity contribution in [3.8, 4) is 17.2 Å². The average molecular weight is 466 g/mol. The average Bonchev–Trinajstić information content (AvgIpc) is 3.09. The molecule has 168 valence electrons. The van der Waals surface area contributed by atoms with Crippen LogP contribution in [0.5, 0.6) is 17.2 Å². The number of ether oxygens (including phenoxy) is 2. The van der Waals surface area contributed by atoms with Crippen LogP contribution in [0.3, 0.4) is 0 Å². The Hall–Kier alpha value is -3.97. The van der Waals surface area contributed by atoms with Crippen LogP contribution in [-0.4, -0.2) is 36.1 Å². The Morgan fingerprint density at radius 1 is 0.970 bits per heavy atom. The van der Waals surface area contributed by atoms with Gasteiger partial charge in [0.15, 0.2) is 11.5 Å². The minimum absolute atomic E-state index is 0.118. The van der Waals surface area contributed by atoms with Gasteiger partial charge in [0, 0.05) is 16.3 Å². The molecule has 0 aliphatic carbocycles. The number of amides is 1. The van der Waals surface area contributed by atoms with Crippen LogP contribution in [0.4, 0.5) is 5.69 Å². The van der Waals surface area contributed by atoms with Crippen LogP contribution < -0.4 is 14.4 Å². The van der Waals surface area contributed by atoms with Gasteiger partial charge in [0.2, 0.25) is 0 Å². The Kier molecular flexibility index (Phi) is 5.98. The summed E-state index contributed by atoms with van der Waals surface area (Å²) in [5.74, 6) is -1.49. The number of Topliss-reactive ketones (excluding diaryl/α,β-unsaturated/α-hetero) is 1. The molecule has 0 radical (unpaired) electrons. The van der Waals surface area contributed by atoms with Crippen molar-refractivity contribution in [1.82, 2.24) is 0 Å². The molecular formula is C25H20ClNO6. The number of methoxy groups -OCH3 is 2. The molecule has 1 heterocycles. The molecule has 1 saturated heterocycles. The Morgan fingerprint density at radius 2 is 1.70 bits per heavy atom. The number of ketones is 1. The van der Waals surface area contributed by atoms with Gasteiger partial charge in [-0.25, -0.2) is 0 Å². The molecule has 4 rings (SSSR count). The van der Waals surface area contributed by atoms with Gasteiger partial charge in [-0.15, -0.1) is 0 Å². The van der Waals surface area contributed by atoms with Gasteiger partial charge in [-0.05, 0) is 54.1 Å². The van der Waals surface area contributed by atoms with Crippen molar-refractivity contribution in [2.45, 2.75) is 6.04 Å². The number of nitrogens with zero attached hydrogens (tertiary/aromatic N) is 1. The first-order valence-corrected chi connectivity index (χ1v) is 10.3. The van der Waals surface area contributed by atoms with E-state index in [9.17, 15) is 19.8 Å². The van der Waals surface area contributed by atoms with E-state index in [2.05, 4.69) is 0 Å². The zero-order valence-corrected chi connectivity index (χ0v) is 18.5. The third-order valence-corrected chi connectivity index (χ3v) is 5.66. The highest BCUT2D eigenvalue weighted by Crippen LogP contribution is 2.44. The Bertz CT molecular complexity index is 1270. The summed E-state index contributed by atoms with van der Waals surface area (Å²) in [6.07, 6.45) is 0. The first-order valence-electron chi connectivity index (χ1n) is 9.93. The van der Waals surface area contributed by atoms with Crippen LogP contribution in [0, 0.1) is 0 Å². The van der Waals surface area contributed by atoms with Crippen molar-refractivity contribution in [3.63, 3.8) is 0 Å². The minimum atomic E-state index is -1.01. The van der Waals surface area contributed by atoms with Gasteiger partial charge in [0.05, 0.1) is 25.8 Å². The molecule has 1 unspecified atom stereocenters. The number of halogens is 1. The summed E-state index contributed by atoms with van der Waals surface area (Å²) in [5, 5.41) is 22.0. The van der Waals surface area contributed by atoms with Gasteiger partial charge in [-0.2, -0.15) is 0 Å². The Morgan fingerprint density at radius 3 is 2.33 bits per heavy atom. The van der Waals surface area contributed by atoms with Gasteiger partial charge in [0.25, 0.3) is 11.7 Å². The lowest BCUT2D eigenvalue weighted by Crippen LogP contribution is -2.29. The van der Waals surface area contributed by atoms with Gasteiger partial charge in [0.1, 0.15) is 11.5 Å². The lowest BCUT2D eigenvalue weighted by atomic mass is 9.94. The highest BCUT2D eigenvalue weighted by atomic mass is 35.5. The summed E-state index contributed by atoms with van der Waals surface area (Å²) in [7, 11) is 2.90. The van der Waals surface area contributed by atoms with Crippen LogP contribution in [0.15, 0.2) is 72.3 Å². The number of hydrogen-bond acceptors (Lipinski definition) is 6. The highest BCUT2D eigenvalue weighted by Gasteiger charge is 2.47. The zero-order chi connectivity index (χ0) is 23.7. The first kappa shape index (κ1) is 22.2. The maximum Gasteiger partial charge on any atom is 0.300 e. The maximum absolute atomic E-state index is 13.2. The van der Waals surface area contributed by atoms with Crippen LogP contribution in [0.25, 0.3) is 5.76 Å². The molecule has 3 aromatic carbocycles. The van der Waals surface area contributed by atoms with E-state index in [1.54, 1.807) is 54.6 Å². The van der Waals surface area contributed by atoms with Crippen LogP contribution >= 0.6 is 11.6 Å². The van der Waals surface area contributed by atoms with E-state index in [1.165, 1.54) is 31.3 Å². The van der Waals surface area contributed by atoms with Gasteiger partial charge in [-0.3, -0.25) is 14.5 Å². The summed E-state index contributed by atoms with van der Waals surface area (Å²) in [6, 6.07) is 16.5. The normalized spacial score (nSPS) is 17.3. The number of phenols is 1. The van der Waals surface area contributed by atoms with Crippen molar-refractivity contribution in [2.75, 3.05) is 19.1 Å². The topological polar surface area (TPSA) is 96.3 Å². The largest absolute Gasteiger partial charge is 0.507 e. The fraction of sp³-hybridized carbons (Fsp3) is 0.120. The number of rotatable bonds is 5. The van der Waals surface area contributed by atoms with Crippen LogP contribution in [0.1, 0.15) is 17.2 Å². The second kappa shape index (κ2) is 8.88. The molecule has 3 aromatic rings. The lowest BCUT2D eigenvalue weighted by Gasteiger charge is -2.26. The molecular weight excluding hydrogens is 446 g/mol. The second-order valence-electron chi connectivity index (χ2n) is 7.31. The van der Waals surface area contributed by atoms with Crippen molar-refractivity contribution < 1.29 is 29.3 Å². The van der Waals surface area contributed by atoms with Crippen molar-refractivity contribution in [3.05, 3.63) is 88.5 Å². The number of aliphatic hydroxyl groups excluding tert-OH is 1. The predicted molar refractivity (Wildman–Crippen MR) is 124 cm³/mol. The molecule has 2 N–H and O–H groups in total. The Balaban J connectivity index is 1.95. The highest BCUT2D eigenvalue weighted by molar-refractivity contribution is 6.51. The maximum atomic E-state index is 13.2. The monoisotopic (exact) mass is 465 g/mol. The fourth-order valence-electron chi connectivity index (χ4n) is 3.82. The smallest absolute Gasteiger partial charge is 0.300 e. The van der Waals surface area contributed by atoms with E-state index in [0.717, 1.165) is 0 Å². The molecule has 7 nitrogen and oxygen atoms in total. The number of carbonyl (C=O) groups is 2. The predicted octanol–water partition coefficient (Wildman–Crippen LogP) is 4.69. The van der Waals surface area contributed by atoms with E-state index < -0.39 is 17.7 Å². The number of carbonyl (C=O) groups excluding carboxylic acids is 2. The first-order chi connectivity index (χ1) is 15.8. The summed E-state index contributed by atoms with van der Waals surface area (Å²) in [6.45, 7) is 0. The number of aliphatic hydroxyl groups is 1. The molecule has 1 aliphatic heterocycles. The zero-order valence-electron chi connectivity index (χ0n) is 17.8. The molecule has 1 amide bonds. The molecule has 0 spiro atoms. The number of hydrogen-bond donors (Lipinski definition) is 2. The van der Waals surface area contributed by atoms with Crippen molar-refractivity contribution in [1.29, 1.82) is 0 Å². The summed E-state index contributed by atoms with van der Waals surface area (Å²) < 4.78 is 10.3. The van der Waals surface area contributed by atoms with E-state index in [4.69, 9.17) is 21.1 Å². The van der Waals surface area contributed by atoms with Gasteiger partial charge < -0.3 is 19.7 Å². The fourth-order valence-corrected chi connectivity index (χ4v) is 3.94. The van der Waals surface area contributed by atoms with E-state index in [1.807, 2.05) is 0 Å². The molecule has 1 fully saturated rings. The molecule has 1 atom stereocenters. The van der Waals surface area contributed by atoms with Gasteiger partial charge in [-0.1, -0.05) is 29.8 Å².